The first kappa shape index (κ1) is 11.9. The Hall–Kier alpha value is -1.16. The van der Waals surface area contributed by atoms with Gasteiger partial charge < -0.3 is 10.0 Å². The van der Waals surface area contributed by atoms with Crippen molar-refractivity contribution < 1.29 is 5.11 Å². The molecule has 1 aromatic rings. The van der Waals surface area contributed by atoms with Crippen LogP contribution in [0.1, 0.15) is 25.4 Å². The topological polar surface area (TPSA) is 49.2 Å². The standard InChI is InChI=1S/C11H19N3O/c1-8-6-10(13-9(2)12-8)14(5)7-11(3,4)15/h6,15H,7H2,1-5H3. The Kier molecular flexibility index (Phi) is 3.29. The van der Waals surface area contributed by atoms with Gasteiger partial charge in [0.1, 0.15) is 11.6 Å². The van der Waals surface area contributed by atoms with Crippen LogP contribution in [0.4, 0.5) is 5.82 Å². The first-order valence-electron chi connectivity index (χ1n) is 5.04. The largest absolute Gasteiger partial charge is 0.389 e. The predicted octanol–water partition coefficient (Wildman–Crippen LogP) is 1.30. The second-order valence-electron chi connectivity index (χ2n) is 4.58. The summed E-state index contributed by atoms with van der Waals surface area (Å²) >= 11 is 0. The van der Waals surface area contributed by atoms with Gasteiger partial charge in [0, 0.05) is 25.4 Å². The molecule has 0 fully saturated rings. The third-order valence-electron chi connectivity index (χ3n) is 1.97. The van der Waals surface area contributed by atoms with Gasteiger partial charge in [-0.15, -0.1) is 0 Å². The molecule has 0 saturated carbocycles. The Morgan fingerprint density at radius 3 is 2.40 bits per heavy atom. The van der Waals surface area contributed by atoms with Gasteiger partial charge in [0.15, 0.2) is 0 Å². The molecular formula is C11H19N3O. The number of rotatable bonds is 3. The summed E-state index contributed by atoms with van der Waals surface area (Å²) in [5.41, 5.74) is 0.224. The van der Waals surface area contributed by atoms with Crippen molar-refractivity contribution in [3.05, 3.63) is 17.6 Å². The Morgan fingerprint density at radius 2 is 1.93 bits per heavy atom. The number of hydrogen-bond acceptors (Lipinski definition) is 4. The number of aliphatic hydroxyl groups is 1. The molecule has 0 spiro atoms. The molecule has 0 aliphatic carbocycles. The van der Waals surface area contributed by atoms with Gasteiger partial charge in [-0.1, -0.05) is 0 Å². The number of aryl methyl sites for hydroxylation is 2. The summed E-state index contributed by atoms with van der Waals surface area (Å²) in [5.74, 6) is 1.61. The van der Waals surface area contributed by atoms with E-state index in [4.69, 9.17) is 0 Å². The molecule has 4 nitrogen and oxygen atoms in total. The summed E-state index contributed by atoms with van der Waals surface area (Å²) in [7, 11) is 1.92. The summed E-state index contributed by atoms with van der Waals surface area (Å²) in [6.45, 7) is 7.92. The number of likely N-dealkylation sites (N-methyl/N-ethyl adjacent to an activating group) is 1. The zero-order valence-electron chi connectivity index (χ0n) is 10.1. The molecule has 0 aliphatic heterocycles. The van der Waals surface area contributed by atoms with Crippen LogP contribution in [0.3, 0.4) is 0 Å². The minimum absolute atomic E-state index is 0.545. The lowest BCUT2D eigenvalue weighted by Crippen LogP contribution is -2.36. The average Bonchev–Trinajstić information content (AvgIpc) is 1.98. The fourth-order valence-corrected chi connectivity index (χ4v) is 1.55. The van der Waals surface area contributed by atoms with Crippen LogP contribution in [0.5, 0.6) is 0 Å². The van der Waals surface area contributed by atoms with Crippen LogP contribution in [-0.4, -0.2) is 34.3 Å². The lowest BCUT2D eigenvalue weighted by atomic mass is 10.1. The number of nitrogens with zero attached hydrogens (tertiary/aromatic N) is 3. The van der Waals surface area contributed by atoms with Gasteiger partial charge in [0.05, 0.1) is 5.60 Å². The maximum atomic E-state index is 9.70. The molecule has 0 amide bonds. The number of aromatic nitrogens is 2. The van der Waals surface area contributed by atoms with Crippen LogP contribution in [0.25, 0.3) is 0 Å². The van der Waals surface area contributed by atoms with Crippen molar-refractivity contribution in [2.24, 2.45) is 0 Å². The lowest BCUT2D eigenvalue weighted by Gasteiger charge is -2.26. The van der Waals surface area contributed by atoms with Gasteiger partial charge in [-0.25, -0.2) is 9.97 Å². The molecule has 0 bridgehead atoms. The smallest absolute Gasteiger partial charge is 0.132 e. The van der Waals surface area contributed by atoms with Gasteiger partial charge in [-0.3, -0.25) is 0 Å². The van der Waals surface area contributed by atoms with Crippen molar-refractivity contribution in [1.29, 1.82) is 0 Å². The van der Waals surface area contributed by atoms with Gasteiger partial charge >= 0.3 is 0 Å². The molecule has 1 N–H and O–H groups in total. The Morgan fingerprint density at radius 1 is 1.33 bits per heavy atom. The normalized spacial score (nSPS) is 11.6. The van der Waals surface area contributed by atoms with Crippen molar-refractivity contribution in [2.75, 3.05) is 18.5 Å². The summed E-state index contributed by atoms with van der Waals surface area (Å²) in [5, 5.41) is 9.70. The summed E-state index contributed by atoms with van der Waals surface area (Å²) in [6.07, 6.45) is 0. The maximum absolute atomic E-state index is 9.70. The highest BCUT2D eigenvalue weighted by Gasteiger charge is 2.16. The Labute approximate surface area is 91.0 Å². The highest BCUT2D eigenvalue weighted by Crippen LogP contribution is 2.13. The maximum Gasteiger partial charge on any atom is 0.132 e. The molecular weight excluding hydrogens is 190 g/mol. The first-order chi connectivity index (χ1) is 6.78. The third kappa shape index (κ3) is 3.83. The van der Waals surface area contributed by atoms with Crippen molar-refractivity contribution in [2.45, 2.75) is 33.3 Å². The van der Waals surface area contributed by atoms with E-state index in [0.29, 0.717) is 6.54 Å². The minimum atomic E-state index is -0.721. The summed E-state index contributed by atoms with van der Waals surface area (Å²) < 4.78 is 0. The lowest BCUT2D eigenvalue weighted by molar-refractivity contribution is 0.0884. The van der Waals surface area contributed by atoms with Gasteiger partial charge in [0.2, 0.25) is 0 Å². The fraction of sp³-hybridized carbons (Fsp3) is 0.636. The van der Waals surface area contributed by atoms with Crippen LogP contribution in [0, 0.1) is 13.8 Å². The van der Waals surface area contributed by atoms with Crippen LogP contribution in [0.2, 0.25) is 0 Å². The van der Waals surface area contributed by atoms with E-state index in [1.54, 1.807) is 13.8 Å². The van der Waals surface area contributed by atoms with E-state index >= 15 is 0 Å². The molecule has 0 aliphatic rings. The molecule has 0 aromatic carbocycles. The van der Waals surface area contributed by atoms with Crippen molar-refractivity contribution in [3.63, 3.8) is 0 Å². The molecule has 15 heavy (non-hydrogen) atoms. The molecule has 84 valence electrons. The summed E-state index contributed by atoms with van der Waals surface area (Å²) in [6, 6.07) is 1.92. The van der Waals surface area contributed by atoms with Crippen molar-refractivity contribution >= 4 is 5.82 Å². The van der Waals surface area contributed by atoms with E-state index in [1.165, 1.54) is 0 Å². The fourth-order valence-electron chi connectivity index (χ4n) is 1.55. The minimum Gasteiger partial charge on any atom is -0.389 e. The quantitative estimate of drug-likeness (QED) is 0.815. The zero-order valence-corrected chi connectivity index (χ0v) is 10.1. The van der Waals surface area contributed by atoms with Crippen LogP contribution in [0.15, 0.2) is 6.07 Å². The molecule has 0 saturated heterocycles. The van der Waals surface area contributed by atoms with Crippen LogP contribution < -0.4 is 4.90 Å². The predicted molar refractivity (Wildman–Crippen MR) is 61.1 cm³/mol. The summed E-state index contributed by atoms with van der Waals surface area (Å²) in [4.78, 5) is 10.5. The molecule has 1 aromatic heterocycles. The SMILES string of the molecule is Cc1cc(N(C)CC(C)(C)O)nc(C)n1. The van der Waals surface area contributed by atoms with Crippen LogP contribution in [-0.2, 0) is 0 Å². The highest BCUT2D eigenvalue weighted by atomic mass is 16.3. The van der Waals surface area contributed by atoms with E-state index in [-0.39, 0.29) is 0 Å². The molecule has 0 unspecified atom stereocenters. The Bertz CT molecular complexity index is 324. The van der Waals surface area contributed by atoms with E-state index < -0.39 is 5.60 Å². The van der Waals surface area contributed by atoms with Crippen LogP contribution >= 0.6 is 0 Å². The van der Waals surface area contributed by atoms with Crippen molar-refractivity contribution in [3.8, 4) is 0 Å². The zero-order chi connectivity index (χ0) is 11.6. The number of anilines is 1. The van der Waals surface area contributed by atoms with E-state index in [0.717, 1.165) is 17.3 Å². The number of hydrogen-bond donors (Lipinski definition) is 1. The van der Waals surface area contributed by atoms with E-state index in [2.05, 4.69) is 9.97 Å². The monoisotopic (exact) mass is 209 g/mol. The molecule has 1 rings (SSSR count). The molecule has 4 heteroatoms. The van der Waals surface area contributed by atoms with Gasteiger partial charge in [-0.05, 0) is 27.7 Å². The van der Waals surface area contributed by atoms with Gasteiger partial charge in [-0.2, -0.15) is 0 Å². The van der Waals surface area contributed by atoms with Crippen molar-refractivity contribution in [1.82, 2.24) is 9.97 Å². The first-order valence-corrected chi connectivity index (χ1v) is 5.04. The highest BCUT2D eigenvalue weighted by molar-refractivity contribution is 5.38. The second-order valence-corrected chi connectivity index (χ2v) is 4.58. The van der Waals surface area contributed by atoms with E-state index in [1.807, 2.05) is 31.9 Å². The molecule has 0 radical (unpaired) electrons. The third-order valence-corrected chi connectivity index (χ3v) is 1.97. The average molecular weight is 209 g/mol. The second kappa shape index (κ2) is 4.14. The van der Waals surface area contributed by atoms with E-state index in [9.17, 15) is 5.11 Å². The Balaban J connectivity index is 2.86. The molecule has 0 atom stereocenters. The van der Waals surface area contributed by atoms with Gasteiger partial charge in [0.25, 0.3) is 0 Å². The molecule has 1 heterocycles.